The molecule has 1 atom stereocenters. The summed E-state index contributed by atoms with van der Waals surface area (Å²) in [4.78, 5) is 18.1. The maximum absolute atomic E-state index is 13.3. The molecule has 5 rings (SSSR count). The lowest BCUT2D eigenvalue weighted by Gasteiger charge is -2.15. The Morgan fingerprint density at radius 2 is 1.86 bits per heavy atom. The van der Waals surface area contributed by atoms with Crippen LogP contribution in [0.1, 0.15) is 32.4 Å². The van der Waals surface area contributed by atoms with Crippen LogP contribution in [0.15, 0.2) is 65.6 Å². The van der Waals surface area contributed by atoms with Crippen molar-refractivity contribution in [3.05, 3.63) is 71.9 Å². The van der Waals surface area contributed by atoms with Crippen molar-refractivity contribution in [2.45, 2.75) is 42.6 Å². The smallest absolute Gasteiger partial charge is 0.240 e. The number of aromatic nitrogens is 1. The number of benzene rings is 2. The second-order valence-electron chi connectivity index (χ2n) is 8.99. The van der Waals surface area contributed by atoms with Crippen molar-refractivity contribution in [3.8, 4) is 22.8 Å². The summed E-state index contributed by atoms with van der Waals surface area (Å²) < 4.78 is 37.9. The molecule has 0 radical (unpaired) electrons. The minimum Gasteiger partial charge on any atom is -0.454 e. The molecule has 0 saturated heterocycles. The van der Waals surface area contributed by atoms with Crippen molar-refractivity contribution in [3.63, 3.8) is 0 Å². The van der Waals surface area contributed by atoms with Crippen LogP contribution in [0.25, 0.3) is 11.3 Å². The molecular formula is C26H28N2O6S. The molecule has 2 aliphatic rings. The first-order valence-electron chi connectivity index (χ1n) is 11.4. The molecule has 1 aromatic heterocycles. The molecule has 2 aromatic carbocycles. The molecule has 2 N–H and O–H groups in total. The van der Waals surface area contributed by atoms with E-state index in [4.69, 9.17) is 9.47 Å². The predicted octanol–water partition coefficient (Wildman–Crippen LogP) is 3.23. The largest absolute Gasteiger partial charge is 0.454 e. The normalized spacial score (nSPS) is 16.6. The number of ether oxygens (including phenoxy) is 2. The molecule has 1 saturated carbocycles. The van der Waals surface area contributed by atoms with Gasteiger partial charge in [-0.05, 0) is 61.7 Å². The van der Waals surface area contributed by atoms with E-state index >= 15 is 0 Å². The number of fused-ring (bicyclic) bond motifs is 1. The fraction of sp³-hybridized carbons (Fsp3) is 0.308. The summed E-state index contributed by atoms with van der Waals surface area (Å²) in [7, 11) is -3.71. The van der Waals surface area contributed by atoms with E-state index in [1.54, 1.807) is 12.1 Å². The van der Waals surface area contributed by atoms with Crippen molar-refractivity contribution in [1.29, 1.82) is 0 Å². The topological polar surface area (TPSA) is 115 Å². The highest BCUT2D eigenvalue weighted by Crippen LogP contribution is 2.51. The number of carbonyl (C=O) groups is 1. The number of carbonyl (C=O) groups excluding carboxylic acids is 1. The van der Waals surface area contributed by atoms with Crippen LogP contribution >= 0.6 is 0 Å². The summed E-state index contributed by atoms with van der Waals surface area (Å²) in [5.74, 6) is 1.49. The maximum atomic E-state index is 13.3. The number of pyridine rings is 1. The van der Waals surface area contributed by atoms with Gasteiger partial charge in [0.2, 0.25) is 16.8 Å². The highest BCUT2D eigenvalue weighted by Gasteiger charge is 2.51. The van der Waals surface area contributed by atoms with Gasteiger partial charge in [0.15, 0.2) is 11.5 Å². The number of sulfonamides is 1. The summed E-state index contributed by atoms with van der Waals surface area (Å²) in [6, 6.07) is 17.6. The molecular weight excluding hydrogens is 468 g/mol. The summed E-state index contributed by atoms with van der Waals surface area (Å²) in [6.45, 7) is 1.65. The number of hydrogen-bond acceptors (Lipinski definition) is 7. The molecule has 9 heteroatoms. The zero-order chi connectivity index (χ0) is 24.6. The predicted molar refractivity (Wildman–Crippen MR) is 131 cm³/mol. The molecule has 3 aromatic rings. The van der Waals surface area contributed by atoms with Crippen LogP contribution in [0.2, 0.25) is 0 Å². The van der Waals surface area contributed by atoms with Crippen LogP contribution in [-0.4, -0.2) is 43.7 Å². The minimum atomic E-state index is -3.71. The van der Waals surface area contributed by atoms with Crippen LogP contribution in [0, 0.1) is 0 Å². The molecule has 0 spiro atoms. The first-order valence-corrected chi connectivity index (χ1v) is 12.9. The van der Waals surface area contributed by atoms with Gasteiger partial charge in [-0.25, -0.2) is 13.1 Å². The number of aliphatic hydroxyl groups excluding tert-OH is 1. The Bertz CT molecular complexity index is 1370. The van der Waals surface area contributed by atoms with Gasteiger partial charge >= 0.3 is 0 Å². The average molecular weight is 497 g/mol. The Labute approximate surface area is 205 Å². The molecule has 0 amide bonds. The van der Waals surface area contributed by atoms with Gasteiger partial charge in [-0.2, -0.15) is 0 Å². The van der Waals surface area contributed by atoms with E-state index in [1.165, 1.54) is 19.1 Å². The molecule has 8 nitrogen and oxygen atoms in total. The van der Waals surface area contributed by atoms with Crippen LogP contribution < -0.4 is 14.2 Å². The molecule has 184 valence electrons. The van der Waals surface area contributed by atoms with Gasteiger partial charge in [-0.15, -0.1) is 0 Å². The van der Waals surface area contributed by atoms with Crippen molar-refractivity contribution in [2.24, 2.45) is 0 Å². The number of ketones is 1. The van der Waals surface area contributed by atoms with Gasteiger partial charge in [-0.3, -0.25) is 9.78 Å². The van der Waals surface area contributed by atoms with Gasteiger partial charge in [-0.1, -0.05) is 24.3 Å². The van der Waals surface area contributed by atoms with Crippen molar-refractivity contribution >= 4 is 15.8 Å². The van der Waals surface area contributed by atoms with Gasteiger partial charge in [0.1, 0.15) is 5.78 Å². The summed E-state index contributed by atoms with van der Waals surface area (Å²) >= 11 is 0. The number of aliphatic hydroxyl groups is 1. The second-order valence-corrected chi connectivity index (χ2v) is 10.8. The van der Waals surface area contributed by atoms with Crippen LogP contribution in [-0.2, 0) is 26.7 Å². The van der Waals surface area contributed by atoms with E-state index < -0.39 is 21.5 Å². The quantitative estimate of drug-likeness (QED) is 0.467. The lowest BCUT2D eigenvalue weighted by molar-refractivity contribution is -0.120. The Morgan fingerprint density at radius 3 is 2.57 bits per heavy atom. The molecule has 0 unspecified atom stereocenters. The van der Waals surface area contributed by atoms with E-state index in [0.29, 0.717) is 22.9 Å². The van der Waals surface area contributed by atoms with Gasteiger partial charge in [0, 0.05) is 25.6 Å². The third kappa shape index (κ3) is 4.80. The van der Waals surface area contributed by atoms with E-state index in [9.17, 15) is 18.3 Å². The number of rotatable bonds is 9. The summed E-state index contributed by atoms with van der Waals surface area (Å²) in [5.41, 5.74) is 2.50. The molecule has 0 bridgehead atoms. The van der Waals surface area contributed by atoms with E-state index in [2.05, 4.69) is 9.71 Å². The zero-order valence-electron chi connectivity index (χ0n) is 19.2. The average Bonchev–Trinajstić information content (AvgIpc) is 3.54. The second kappa shape index (κ2) is 9.07. The summed E-state index contributed by atoms with van der Waals surface area (Å²) in [6.07, 6.45) is 1.02. The lowest BCUT2D eigenvalue weighted by Crippen LogP contribution is -2.30. The van der Waals surface area contributed by atoms with E-state index in [-0.39, 0.29) is 31.9 Å². The fourth-order valence-corrected chi connectivity index (χ4v) is 5.36. The molecule has 1 aliphatic carbocycles. The molecule has 35 heavy (non-hydrogen) atoms. The van der Waals surface area contributed by atoms with E-state index in [1.807, 2.05) is 36.4 Å². The highest BCUT2D eigenvalue weighted by molar-refractivity contribution is 7.89. The Hall–Kier alpha value is -3.27. The minimum absolute atomic E-state index is 0. The molecule has 1 aliphatic heterocycles. The van der Waals surface area contributed by atoms with Gasteiger partial charge in [0.25, 0.3) is 0 Å². The Morgan fingerprint density at radius 1 is 1.11 bits per heavy atom. The first kappa shape index (κ1) is 23.5. The van der Waals surface area contributed by atoms with Crippen LogP contribution in [0.3, 0.4) is 0 Å². The maximum Gasteiger partial charge on any atom is 0.240 e. The van der Waals surface area contributed by atoms with Gasteiger partial charge < -0.3 is 14.6 Å². The zero-order valence-corrected chi connectivity index (χ0v) is 20.0. The summed E-state index contributed by atoms with van der Waals surface area (Å²) in [5, 5.41) is 9.33. The van der Waals surface area contributed by atoms with Crippen molar-refractivity contribution < 1.29 is 29.2 Å². The molecule has 1 fully saturated rings. The third-order valence-electron chi connectivity index (χ3n) is 6.39. The third-order valence-corrected chi connectivity index (χ3v) is 7.83. The van der Waals surface area contributed by atoms with Gasteiger partial charge in [0.05, 0.1) is 22.1 Å². The fourth-order valence-electron chi connectivity index (χ4n) is 4.24. The van der Waals surface area contributed by atoms with E-state index in [0.717, 1.165) is 24.0 Å². The number of hydrogen-bond donors (Lipinski definition) is 2. The first-order chi connectivity index (χ1) is 16.8. The monoisotopic (exact) mass is 496 g/mol. The van der Waals surface area contributed by atoms with Crippen LogP contribution in [0.4, 0.5) is 0 Å². The van der Waals surface area contributed by atoms with Crippen molar-refractivity contribution in [2.75, 3.05) is 13.3 Å². The number of nitrogens with zero attached hydrogens (tertiary/aromatic N) is 1. The SMILES string of the molecule is C[C@@H](O)CNS(=O)(=O)c1ccc(-c2cccc(CC(=O)C3(c4ccc5c(c4)OCO5)CC3)n2)cc1.[HH]. The Kier molecular flexibility index (Phi) is 6.08. The Balaban J connectivity index is 0.00000304. The highest BCUT2D eigenvalue weighted by atomic mass is 32.2. The molecule has 2 heterocycles. The number of nitrogens with one attached hydrogen (secondary N) is 1. The van der Waals surface area contributed by atoms with Crippen molar-refractivity contribution in [1.82, 2.24) is 9.71 Å². The number of Topliss-reactive ketones (excluding diaryl/α,β-unsaturated/α-hetero) is 1. The lowest BCUT2D eigenvalue weighted by atomic mass is 9.88. The standard InChI is InChI=1S/C26H26N2O6S.H2/c1-17(29)15-27-35(31,32)21-8-5-18(6-9-21)22-4-2-3-20(28-22)14-25(30)26(11-12-26)19-7-10-23-24(13-19)34-16-33-23;/h2-10,13,17,27,29H,11-12,14-16H2,1H3;1H/t17-;/m1./s1. The van der Waals surface area contributed by atoms with Crippen LogP contribution in [0.5, 0.6) is 11.5 Å².